The molecule has 6 heteroatoms. The van der Waals surface area contributed by atoms with E-state index < -0.39 is 0 Å². The summed E-state index contributed by atoms with van der Waals surface area (Å²) in [6.45, 7) is 8.16. The van der Waals surface area contributed by atoms with Gasteiger partial charge in [-0.15, -0.1) is 11.6 Å². The second kappa shape index (κ2) is 12.4. The second-order valence-electron chi connectivity index (χ2n) is 14.8. The maximum atomic E-state index is 13.1. The number of likely N-dealkylation sites (tertiary alicyclic amines) is 1. The minimum atomic E-state index is 0.0223. The van der Waals surface area contributed by atoms with Crippen molar-refractivity contribution < 1.29 is 9.59 Å². The average molecular weight is 548 g/mol. The lowest BCUT2D eigenvalue weighted by Gasteiger charge is -2.41. The molecular weight excluding hydrogens is 494 g/mol. The van der Waals surface area contributed by atoms with E-state index in [1.54, 1.807) is 0 Å². The number of carbonyl (C=O) groups excluding carboxylic acids is 2. The minimum Gasteiger partial charge on any atom is -0.296 e. The van der Waals surface area contributed by atoms with E-state index in [-0.39, 0.29) is 23.7 Å². The molecule has 4 aliphatic carbocycles. The second-order valence-corrected chi connectivity index (χ2v) is 15.1. The molecule has 2 N–H and O–H groups in total. The molecule has 0 aromatic rings. The van der Waals surface area contributed by atoms with Crippen molar-refractivity contribution in [2.24, 2.45) is 46.8 Å². The summed E-state index contributed by atoms with van der Waals surface area (Å²) in [7, 11) is 0. The third-order valence-corrected chi connectivity index (χ3v) is 12.0. The molecular formula is C32H54ClN3O2. The van der Waals surface area contributed by atoms with Crippen LogP contribution in [-0.4, -0.2) is 41.2 Å². The van der Waals surface area contributed by atoms with Gasteiger partial charge >= 0.3 is 0 Å². The SMILES string of the molecule is CC(C)(C)C1CCC(C2CCC(C(=O)NNC(=O)C3CCC4C(C3)C3CCCCC3N4CCCl)CC2)CC1. The van der Waals surface area contributed by atoms with Crippen molar-refractivity contribution in [2.75, 3.05) is 12.4 Å². The summed E-state index contributed by atoms with van der Waals surface area (Å²) >= 11 is 6.18. The Morgan fingerprint density at radius 2 is 1.26 bits per heavy atom. The number of nitrogens with zero attached hydrogens (tertiary/aromatic N) is 1. The molecule has 216 valence electrons. The molecule has 5 rings (SSSR count). The smallest absolute Gasteiger partial charge is 0.241 e. The lowest BCUT2D eigenvalue weighted by Crippen LogP contribution is -2.49. The van der Waals surface area contributed by atoms with Gasteiger partial charge < -0.3 is 0 Å². The Labute approximate surface area is 236 Å². The van der Waals surface area contributed by atoms with Crippen LogP contribution in [0.5, 0.6) is 0 Å². The number of hydrogen-bond acceptors (Lipinski definition) is 3. The highest BCUT2D eigenvalue weighted by molar-refractivity contribution is 6.18. The number of alkyl halides is 1. The van der Waals surface area contributed by atoms with Crippen LogP contribution in [0.3, 0.4) is 0 Å². The van der Waals surface area contributed by atoms with E-state index in [4.69, 9.17) is 11.6 Å². The van der Waals surface area contributed by atoms with E-state index >= 15 is 0 Å². The maximum Gasteiger partial charge on any atom is 0.241 e. The highest BCUT2D eigenvalue weighted by atomic mass is 35.5. The van der Waals surface area contributed by atoms with E-state index in [0.717, 1.165) is 62.3 Å². The summed E-state index contributed by atoms with van der Waals surface area (Å²) in [4.78, 5) is 28.8. The van der Waals surface area contributed by atoms with E-state index in [9.17, 15) is 9.59 Å². The zero-order valence-electron chi connectivity index (χ0n) is 24.4. The summed E-state index contributed by atoms with van der Waals surface area (Å²) in [5.41, 5.74) is 6.14. The minimum absolute atomic E-state index is 0.0223. The molecule has 0 spiro atoms. The average Bonchev–Trinajstić information content (AvgIpc) is 3.24. The van der Waals surface area contributed by atoms with E-state index in [1.165, 1.54) is 64.2 Å². The molecule has 5 nitrogen and oxygen atoms in total. The number of amides is 2. The topological polar surface area (TPSA) is 61.4 Å². The van der Waals surface area contributed by atoms with Gasteiger partial charge in [0.15, 0.2) is 0 Å². The van der Waals surface area contributed by atoms with Gasteiger partial charge in [-0.05, 0) is 118 Å². The standard InChI is InChI=1S/C32H54ClN3O2/c1-32(2,3)25-15-12-22(13-16-25)21-8-10-23(11-9-21)30(37)34-35-31(38)24-14-17-29-27(20-24)26-6-4-5-7-28(26)36(29)19-18-33/h21-29H,4-20H2,1-3H3,(H,34,37)(H,35,38). The Morgan fingerprint density at radius 1 is 0.711 bits per heavy atom. The van der Waals surface area contributed by atoms with E-state index in [0.29, 0.717) is 29.3 Å². The number of hydrazine groups is 1. The number of hydrogen-bond donors (Lipinski definition) is 2. The summed E-state index contributed by atoms with van der Waals surface area (Å²) < 4.78 is 0. The van der Waals surface area contributed by atoms with Gasteiger partial charge in [0.25, 0.3) is 0 Å². The van der Waals surface area contributed by atoms with Crippen molar-refractivity contribution in [2.45, 2.75) is 129 Å². The fourth-order valence-corrected chi connectivity index (χ4v) is 9.86. The summed E-state index contributed by atoms with van der Waals surface area (Å²) in [6.07, 6.45) is 18.0. The molecule has 0 radical (unpaired) electrons. The fourth-order valence-electron chi connectivity index (χ4n) is 9.66. The number of fused-ring (bicyclic) bond motifs is 3. The maximum absolute atomic E-state index is 13.1. The Hall–Kier alpha value is -0.810. The van der Waals surface area contributed by atoms with Gasteiger partial charge in [-0.1, -0.05) is 33.6 Å². The fraction of sp³-hybridized carbons (Fsp3) is 0.938. The Morgan fingerprint density at radius 3 is 1.89 bits per heavy atom. The predicted molar refractivity (Wildman–Crippen MR) is 154 cm³/mol. The van der Waals surface area contributed by atoms with Crippen LogP contribution >= 0.6 is 11.6 Å². The molecule has 4 saturated carbocycles. The first-order valence-electron chi connectivity index (χ1n) is 16.2. The van der Waals surface area contributed by atoms with E-state index in [1.807, 2.05) is 0 Å². The Bertz CT molecular complexity index is 812. The largest absolute Gasteiger partial charge is 0.296 e. The molecule has 1 saturated heterocycles. The third kappa shape index (κ3) is 6.24. The van der Waals surface area contributed by atoms with Crippen LogP contribution in [0.4, 0.5) is 0 Å². The van der Waals surface area contributed by atoms with Gasteiger partial charge in [-0.25, -0.2) is 0 Å². The van der Waals surface area contributed by atoms with Gasteiger partial charge in [0.05, 0.1) is 0 Å². The number of rotatable bonds is 5. The molecule has 5 fully saturated rings. The van der Waals surface area contributed by atoms with Gasteiger partial charge in [0.2, 0.25) is 11.8 Å². The third-order valence-electron chi connectivity index (χ3n) is 11.9. The number of halogens is 1. The molecule has 0 bridgehead atoms. The molecule has 5 unspecified atom stereocenters. The van der Waals surface area contributed by atoms with Crippen molar-refractivity contribution in [3.63, 3.8) is 0 Å². The monoisotopic (exact) mass is 547 g/mol. The molecule has 2 amide bonds. The molecule has 5 aliphatic rings. The van der Waals surface area contributed by atoms with Crippen molar-refractivity contribution in [3.8, 4) is 0 Å². The van der Waals surface area contributed by atoms with Crippen molar-refractivity contribution in [1.82, 2.24) is 15.8 Å². The van der Waals surface area contributed by atoms with Crippen LogP contribution in [0.1, 0.15) is 117 Å². The molecule has 1 aliphatic heterocycles. The predicted octanol–water partition coefficient (Wildman–Crippen LogP) is 6.69. The lowest BCUT2D eigenvalue weighted by molar-refractivity contribution is -0.134. The lowest BCUT2D eigenvalue weighted by atomic mass is 9.65. The van der Waals surface area contributed by atoms with Crippen molar-refractivity contribution in [1.29, 1.82) is 0 Å². The molecule has 0 aromatic heterocycles. The van der Waals surface area contributed by atoms with Gasteiger partial charge in [-0.2, -0.15) is 0 Å². The summed E-state index contributed by atoms with van der Waals surface area (Å²) in [6, 6.07) is 1.27. The zero-order chi connectivity index (χ0) is 26.9. The molecule has 1 heterocycles. The summed E-state index contributed by atoms with van der Waals surface area (Å²) in [5.74, 6) is 4.67. The van der Waals surface area contributed by atoms with Crippen molar-refractivity contribution in [3.05, 3.63) is 0 Å². The van der Waals surface area contributed by atoms with Gasteiger partial charge in [0.1, 0.15) is 0 Å². The van der Waals surface area contributed by atoms with Crippen LogP contribution in [0, 0.1) is 46.8 Å². The Balaban J connectivity index is 1.05. The molecule has 38 heavy (non-hydrogen) atoms. The summed E-state index contributed by atoms with van der Waals surface area (Å²) in [5, 5.41) is 0. The van der Waals surface area contributed by atoms with Crippen LogP contribution in [-0.2, 0) is 9.59 Å². The zero-order valence-corrected chi connectivity index (χ0v) is 25.1. The van der Waals surface area contributed by atoms with Crippen LogP contribution in [0.25, 0.3) is 0 Å². The van der Waals surface area contributed by atoms with Crippen molar-refractivity contribution >= 4 is 23.4 Å². The number of nitrogens with one attached hydrogen (secondary N) is 2. The Kier molecular flexibility index (Phi) is 9.35. The van der Waals surface area contributed by atoms with E-state index in [2.05, 4.69) is 36.5 Å². The highest BCUT2D eigenvalue weighted by Crippen LogP contribution is 2.50. The first kappa shape index (κ1) is 28.7. The van der Waals surface area contributed by atoms with Gasteiger partial charge in [0, 0.05) is 36.3 Å². The first-order chi connectivity index (χ1) is 18.3. The molecule has 5 atom stereocenters. The van der Waals surface area contributed by atoms with Crippen LogP contribution in [0.2, 0.25) is 0 Å². The first-order valence-corrected chi connectivity index (χ1v) is 16.7. The molecule has 0 aromatic carbocycles. The van der Waals surface area contributed by atoms with Crippen LogP contribution < -0.4 is 10.9 Å². The quantitative estimate of drug-likeness (QED) is 0.298. The van der Waals surface area contributed by atoms with Crippen LogP contribution in [0.15, 0.2) is 0 Å². The van der Waals surface area contributed by atoms with Gasteiger partial charge in [-0.3, -0.25) is 25.3 Å². The normalized spacial score (nSPS) is 40.2. The number of carbonyl (C=O) groups is 2. The highest BCUT2D eigenvalue weighted by Gasteiger charge is 2.51.